The van der Waals surface area contributed by atoms with Crippen molar-refractivity contribution in [3.8, 4) is 0 Å². The van der Waals surface area contributed by atoms with E-state index in [0.717, 1.165) is 32.9 Å². The third-order valence-corrected chi connectivity index (χ3v) is 5.70. The number of carbonyl (C=O) groups is 1. The zero-order valence-corrected chi connectivity index (χ0v) is 17.2. The van der Waals surface area contributed by atoms with Crippen LogP contribution in [0.4, 0.5) is 0 Å². The summed E-state index contributed by atoms with van der Waals surface area (Å²) in [5.74, 6) is 0.964. The molecule has 1 atom stereocenters. The maximum Gasteiger partial charge on any atom is 0.231 e. The molecule has 0 radical (unpaired) electrons. The third-order valence-electron chi connectivity index (χ3n) is 4.72. The molecule has 0 aliphatic heterocycles. The summed E-state index contributed by atoms with van der Waals surface area (Å²) in [6.07, 6.45) is 0. The lowest BCUT2D eigenvalue weighted by atomic mass is 10.2. The van der Waals surface area contributed by atoms with Crippen molar-refractivity contribution in [2.45, 2.75) is 24.7 Å². The molecule has 150 valence electrons. The second-order valence-corrected chi connectivity index (χ2v) is 7.73. The Morgan fingerprint density at radius 3 is 2.86 bits per heavy atom. The summed E-state index contributed by atoms with van der Waals surface area (Å²) < 4.78 is 13.2. The second-order valence-electron chi connectivity index (χ2n) is 6.79. The van der Waals surface area contributed by atoms with Crippen molar-refractivity contribution in [3.05, 3.63) is 60.4 Å². The summed E-state index contributed by atoms with van der Waals surface area (Å²) in [6.45, 7) is 3.20. The van der Waals surface area contributed by atoms with Crippen LogP contribution in [0.5, 0.6) is 0 Å². The minimum Gasteiger partial charge on any atom is -0.459 e. The van der Waals surface area contributed by atoms with Crippen molar-refractivity contribution in [2.24, 2.45) is 0 Å². The topological polar surface area (TPSA) is 69.3 Å². The van der Waals surface area contributed by atoms with E-state index < -0.39 is 0 Å². The van der Waals surface area contributed by atoms with Gasteiger partial charge in [0.2, 0.25) is 5.91 Å². The molecule has 6 nitrogen and oxygen atoms in total. The molecule has 0 saturated heterocycles. The second kappa shape index (κ2) is 8.71. The van der Waals surface area contributed by atoms with E-state index >= 15 is 0 Å². The van der Waals surface area contributed by atoms with Crippen LogP contribution >= 0.6 is 11.8 Å². The minimum atomic E-state index is -0.206. The van der Waals surface area contributed by atoms with E-state index in [-0.39, 0.29) is 17.7 Å². The normalized spacial score (nSPS) is 12.5. The van der Waals surface area contributed by atoms with E-state index in [1.54, 1.807) is 7.11 Å². The highest BCUT2D eigenvalue weighted by atomic mass is 32.2. The number of furan rings is 1. The Balaban J connectivity index is 1.42. The number of ether oxygens (including phenoxy) is 1. The van der Waals surface area contributed by atoms with Crippen LogP contribution in [0.1, 0.15) is 18.7 Å². The van der Waals surface area contributed by atoms with Crippen LogP contribution in [0.15, 0.2) is 64.2 Å². The fourth-order valence-corrected chi connectivity index (χ4v) is 4.11. The highest BCUT2D eigenvalue weighted by molar-refractivity contribution is 7.99. The van der Waals surface area contributed by atoms with E-state index in [0.29, 0.717) is 13.2 Å². The lowest BCUT2D eigenvalue weighted by Crippen LogP contribution is -2.28. The Bertz CT molecular complexity index is 1100. The maximum atomic E-state index is 12.5. The van der Waals surface area contributed by atoms with Crippen LogP contribution in [-0.4, -0.2) is 34.9 Å². The molecule has 0 fully saturated rings. The largest absolute Gasteiger partial charge is 0.459 e. The molecule has 4 rings (SSSR count). The van der Waals surface area contributed by atoms with Gasteiger partial charge in [0, 0.05) is 19.0 Å². The third kappa shape index (κ3) is 4.31. The maximum absolute atomic E-state index is 12.5. The lowest BCUT2D eigenvalue weighted by molar-refractivity contribution is -0.119. The number of fused-ring (bicyclic) bond motifs is 2. The first kappa shape index (κ1) is 19.5. The number of thioether (sulfide) groups is 1. The Kier molecular flexibility index (Phi) is 5.87. The first-order valence-corrected chi connectivity index (χ1v) is 10.5. The van der Waals surface area contributed by atoms with Gasteiger partial charge in [0.15, 0.2) is 5.16 Å². The molecular formula is C22H23N3O3S. The predicted octanol–water partition coefficient (Wildman–Crippen LogP) is 4.40. The molecule has 4 aromatic rings. The van der Waals surface area contributed by atoms with Gasteiger partial charge < -0.3 is 19.0 Å². The zero-order chi connectivity index (χ0) is 20.2. The van der Waals surface area contributed by atoms with Crippen molar-refractivity contribution in [1.82, 2.24) is 14.9 Å². The standard InChI is InChI=1S/C22H23N3O3S/c1-15(20-13-16-7-3-6-10-19(16)28-20)23-21(26)14-29-22-24-17-8-4-5-9-18(17)25(22)11-12-27-2/h3-10,13,15H,11-12,14H2,1-2H3,(H,23,26)/t15-/m1/s1. The van der Waals surface area contributed by atoms with Gasteiger partial charge in [-0.25, -0.2) is 4.98 Å². The van der Waals surface area contributed by atoms with Crippen molar-refractivity contribution in [3.63, 3.8) is 0 Å². The number of hydrogen-bond donors (Lipinski definition) is 1. The van der Waals surface area contributed by atoms with E-state index in [9.17, 15) is 4.79 Å². The van der Waals surface area contributed by atoms with Crippen LogP contribution in [0.2, 0.25) is 0 Å². The van der Waals surface area contributed by atoms with Crippen LogP contribution in [0.3, 0.4) is 0 Å². The number of benzene rings is 2. The van der Waals surface area contributed by atoms with Crippen molar-refractivity contribution < 1.29 is 13.9 Å². The summed E-state index contributed by atoms with van der Waals surface area (Å²) in [6, 6.07) is 17.6. The quantitative estimate of drug-likeness (QED) is 0.437. The Morgan fingerprint density at radius 2 is 2.03 bits per heavy atom. The van der Waals surface area contributed by atoms with Crippen LogP contribution < -0.4 is 5.32 Å². The van der Waals surface area contributed by atoms with Gasteiger partial charge in [0.25, 0.3) is 0 Å². The lowest BCUT2D eigenvalue weighted by Gasteiger charge is -2.12. The van der Waals surface area contributed by atoms with Gasteiger partial charge in [-0.05, 0) is 31.2 Å². The van der Waals surface area contributed by atoms with Crippen LogP contribution in [-0.2, 0) is 16.1 Å². The molecule has 0 unspecified atom stereocenters. The molecule has 2 heterocycles. The first-order valence-electron chi connectivity index (χ1n) is 9.50. The van der Waals surface area contributed by atoms with Crippen molar-refractivity contribution >= 4 is 39.7 Å². The number of hydrogen-bond acceptors (Lipinski definition) is 5. The highest BCUT2D eigenvalue weighted by Crippen LogP contribution is 2.25. The molecule has 0 bridgehead atoms. The Labute approximate surface area is 173 Å². The summed E-state index contributed by atoms with van der Waals surface area (Å²) in [7, 11) is 1.68. The number of imidazole rings is 1. The predicted molar refractivity (Wildman–Crippen MR) is 115 cm³/mol. The van der Waals surface area contributed by atoms with Gasteiger partial charge in [0.05, 0.1) is 29.4 Å². The molecule has 29 heavy (non-hydrogen) atoms. The van der Waals surface area contributed by atoms with Crippen molar-refractivity contribution in [1.29, 1.82) is 0 Å². The SMILES string of the molecule is COCCn1c(SCC(=O)N[C@H](C)c2cc3ccccc3o2)nc2ccccc21. The molecule has 1 amide bonds. The molecule has 2 aromatic heterocycles. The number of amides is 1. The van der Waals surface area contributed by atoms with Gasteiger partial charge >= 0.3 is 0 Å². The van der Waals surface area contributed by atoms with Crippen LogP contribution in [0.25, 0.3) is 22.0 Å². The summed E-state index contributed by atoms with van der Waals surface area (Å²) >= 11 is 1.43. The molecule has 1 N–H and O–H groups in total. The average Bonchev–Trinajstić information content (AvgIpc) is 3.32. The van der Waals surface area contributed by atoms with Gasteiger partial charge in [-0.15, -0.1) is 0 Å². The fourth-order valence-electron chi connectivity index (χ4n) is 3.26. The summed E-state index contributed by atoms with van der Waals surface area (Å²) in [5, 5.41) is 4.86. The zero-order valence-electron chi connectivity index (χ0n) is 16.4. The number of carbonyl (C=O) groups excluding carboxylic acids is 1. The molecule has 0 saturated carbocycles. The van der Waals surface area contributed by atoms with E-state index in [4.69, 9.17) is 9.15 Å². The summed E-state index contributed by atoms with van der Waals surface area (Å²) in [4.78, 5) is 17.2. The number of nitrogens with one attached hydrogen (secondary N) is 1. The molecule has 0 spiro atoms. The number of methoxy groups -OCH3 is 1. The van der Waals surface area contributed by atoms with E-state index in [1.807, 2.05) is 61.5 Å². The fraction of sp³-hybridized carbons (Fsp3) is 0.273. The first-order chi connectivity index (χ1) is 14.2. The number of nitrogens with zero attached hydrogens (tertiary/aromatic N) is 2. The Hall–Kier alpha value is -2.77. The van der Waals surface area contributed by atoms with E-state index in [2.05, 4.69) is 14.9 Å². The summed E-state index contributed by atoms with van der Waals surface area (Å²) in [5.41, 5.74) is 2.79. The van der Waals surface area contributed by atoms with Crippen molar-refractivity contribution in [2.75, 3.05) is 19.5 Å². The molecule has 7 heteroatoms. The van der Waals surface area contributed by atoms with Gasteiger partial charge in [0.1, 0.15) is 11.3 Å². The number of rotatable bonds is 8. The number of para-hydroxylation sites is 3. The van der Waals surface area contributed by atoms with Gasteiger partial charge in [-0.1, -0.05) is 42.1 Å². The Morgan fingerprint density at radius 1 is 1.24 bits per heavy atom. The molecule has 0 aliphatic rings. The van der Waals surface area contributed by atoms with Gasteiger partial charge in [-0.3, -0.25) is 4.79 Å². The number of aromatic nitrogens is 2. The monoisotopic (exact) mass is 409 g/mol. The average molecular weight is 410 g/mol. The minimum absolute atomic E-state index is 0.0618. The van der Waals surface area contributed by atoms with E-state index in [1.165, 1.54) is 11.8 Å². The van der Waals surface area contributed by atoms with Crippen LogP contribution in [0, 0.1) is 0 Å². The molecular weight excluding hydrogens is 386 g/mol. The highest BCUT2D eigenvalue weighted by Gasteiger charge is 2.16. The van der Waals surface area contributed by atoms with Gasteiger partial charge in [-0.2, -0.15) is 0 Å². The smallest absolute Gasteiger partial charge is 0.231 e. The molecule has 0 aliphatic carbocycles. The molecule has 2 aromatic carbocycles.